The summed E-state index contributed by atoms with van der Waals surface area (Å²) in [5.41, 5.74) is 0.855. The van der Waals surface area contributed by atoms with E-state index in [2.05, 4.69) is 5.32 Å². The van der Waals surface area contributed by atoms with Crippen molar-refractivity contribution in [1.82, 2.24) is 10.2 Å². The van der Waals surface area contributed by atoms with Crippen molar-refractivity contribution in [2.45, 2.75) is 45.3 Å². The van der Waals surface area contributed by atoms with E-state index < -0.39 is 40.0 Å². The molecule has 41 heavy (non-hydrogen) atoms. The van der Waals surface area contributed by atoms with E-state index in [9.17, 15) is 18.0 Å². The van der Waals surface area contributed by atoms with Gasteiger partial charge in [-0.2, -0.15) is 0 Å². The fourth-order valence-electron chi connectivity index (χ4n) is 4.11. The summed E-state index contributed by atoms with van der Waals surface area (Å²) in [6.07, 6.45) is 1.14. The van der Waals surface area contributed by atoms with Crippen molar-refractivity contribution in [3.05, 3.63) is 97.9 Å². The van der Waals surface area contributed by atoms with Crippen LogP contribution in [0, 0.1) is 0 Å². The number of nitrogens with zero attached hydrogens (tertiary/aromatic N) is 2. The Morgan fingerprint density at radius 2 is 1.49 bits per heavy atom. The summed E-state index contributed by atoms with van der Waals surface area (Å²) in [5.74, 6) is -1.04. The number of rotatable bonds is 10. The third kappa shape index (κ3) is 9.51. The van der Waals surface area contributed by atoms with Gasteiger partial charge in [0.25, 0.3) is 0 Å². The summed E-state index contributed by atoms with van der Waals surface area (Å²) in [6.45, 7) is 4.83. The predicted octanol–water partition coefficient (Wildman–Crippen LogP) is 6.62. The van der Waals surface area contributed by atoms with Crippen LogP contribution in [-0.2, 0) is 32.6 Å². The van der Waals surface area contributed by atoms with Crippen LogP contribution < -0.4 is 9.62 Å². The third-order valence-corrected chi connectivity index (χ3v) is 8.38. The average Bonchev–Trinajstić information content (AvgIpc) is 2.87. The molecule has 0 spiro atoms. The highest BCUT2D eigenvalue weighted by Crippen LogP contribution is 2.31. The van der Waals surface area contributed by atoms with Crippen LogP contribution in [0.25, 0.3) is 0 Å². The van der Waals surface area contributed by atoms with Crippen molar-refractivity contribution in [2.75, 3.05) is 17.1 Å². The van der Waals surface area contributed by atoms with Crippen molar-refractivity contribution in [3.63, 3.8) is 0 Å². The van der Waals surface area contributed by atoms with Gasteiger partial charge in [0.2, 0.25) is 21.8 Å². The molecule has 0 fully saturated rings. The molecule has 0 aromatic heterocycles. The zero-order chi connectivity index (χ0) is 30.5. The molecule has 3 rings (SSSR count). The van der Waals surface area contributed by atoms with Crippen molar-refractivity contribution >= 4 is 73.9 Å². The Morgan fingerprint density at radius 3 is 2.07 bits per heavy atom. The van der Waals surface area contributed by atoms with Gasteiger partial charge >= 0.3 is 0 Å². The molecule has 220 valence electrons. The highest BCUT2D eigenvalue weighted by Gasteiger charge is 2.34. The minimum Gasteiger partial charge on any atom is -0.350 e. The number of benzene rings is 3. The Morgan fingerprint density at radius 1 is 0.854 bits per heavy atom. The van der Waals surface area contributed by atoms with Crippen molar-refractivity contribution in [3.8, 4) is 0 Å². The zero-order valence-electron chi connectivity index (χ0n) is 23.0. The maximum absolute atomic E-state index is 14.1. The normalized spacial score (nSPS) is 12.5. The third-order valence-electron chi connectivity index (χ3n) is 5.96. The smallest absolute Gasteiger partial charge is 0.244 e. The Labute approximate surface area is 261 Å². The monoisotopic (exact) mass is 657 g/mol. The molecule has 0 saturated heterocycles. The van der Waals surface area contributed by atoms with Crippen molar-refractivity contribution in [2.24, 2.45) is 0 Å². The molecule has 0 heterocycles. The van der Waals surface area contributed by atoms with Gasteiger partial charge in [-0.05, 0) is 62.2 Å². The molecule has 7 nitrogen and oxygen atoms in total. The molecular formula is C29H31Cl4N3O4S. The molecule has 0 aliphatic rings. The first kappa shape index (κ1) is 33.0. The largest absolute Gasteiger partial charge is 0.350 e. The molecule has 0 radical (unpaired) electrons. The van der Waals surface area contributed by atoms with E-state index in [4.69, 9.17) is 46.4 Å². The second-order valence-electron chi connectivity index (χ2n) is 10.6. The van der Waals surface area contributed by atoms with Crippen LogP contribution in [0.5, 0.6) is 0 Å². The van der Waals surface area contributed by atoms with Gasteiger partial charge in [0.1, 0.15) is 12.6 Å². The van der Waals surface area contributed by atoms with Gasteiger partial charge < -0.3 is 10.2 Å². The highest BCUT2D eigenvalue weighted by molar-refractivity contribution is 7.92. The molecule has 1 N–H and O–H groups in total. The second-order valence-corrected chi connectivity index (χ2v) is 14.1. The maximum atomic E-state index is 14.1. The van der Waals surface area contributed by atoms with Gasteiger partial charge in [0.05, 0.1) is 27.0 Å². The van der Waals surface area contributed by atoms with Crippen LogP contribution in [0.3, 0.4) is 0 Å². The Kier molecular flexibility index (Phi) is 11.0. The number of carbonyl (C=O) groups is 2. The minimum atomic E-state index is -4.00. The zero-order valence-corrected chi connectivity index (χ0v) is 26.8. The number of hydrogen-bond donors (Lipinski definition) is 1. The van der Waals surface area contributed by atoms with Gasteiger partial charge in [0.15, 0.2) is 0 Å². The Balaban J connectivity index is 2.12. The van der Waals surface area contributed by atoms with E-state index in [1.807, 2.05) is 51.1 Å². The number of amides is 2. The SMILES string of the molecule is CC(C)(C)NC(=O)C(Cc1ccccc1)N(Cc1ccc(Cl)c(Cl)c1)C(=O)CN(c1cc(Cl)ccc1Cl)S(C)(=O)=O. The van der Waals surface area contributed by atoms with E-state index in [1.54, 1.807) is 18.2 Å². The lowest BCUT2D eigenvalue weighted by molar-refractivity contribution is -0.140. The first-order chi connectivity index (χ1) is 19.0. The van der Waals surface area contributed by atoms with Crippen LogP contribution in [-0.4, -0.2) is 49.5 Å². The first-order valence-corrected chi connectivity index (χ1v) is 15.9. The van der Waals surface area contributed by atoms with Gasteiger partial charge in [-0.15, -0.1) is 0 Å². The van der Waals surface area contributed by atoms with E-state index in [0.717, 1.165) is 16.1 Å². The van der Waals surface area contributed by atoms with Crippen LogP contribution in [0.15, 0.2) is 66.7 Å². The fourth-order valence-corrected chi connectivity index (χ4v) is 5.72. The van der Waals surface area contributed by atoms with Crippen LogP contribution in [0.1, 0.15) is 31.9 Å². The van der Waals surface area contributed by atoms with E-state index in [0.29, 0.717) is 10.6 Å². The second kappa shape index (κ2) is 13.7. The molecule has 1 atom stereocenters. The lowest BCUT2D eigenvalue weighted by Gasteiger charge is -2.35. The lowest BCUT2D eigenvalue weighted by Crippen LogP contribution is -2.56. The number of sulfonamides is 1. The average molecular weight is 659 g/mol. The number of halogens is 4. The number of carbonyl (C=O) groups excluding carboxylic acids is 2. The van der Waals surface area contributed by atoms with Crippen molar-refractivity contribution < 1.29 is 18.0 Å². The van der Waals surface area contributed by atoms with Crippen LogP contribution in [0.4, 0.5) is 5.69 Å². The number of hydrogen-bond acceptors (Lipinski definition) is 4. The Hall–Kier alpha value is -2.49. The molecule has 2 amide bonds. The Bertz CT molecular complexity index is 1510. The summed E-state index contributed by atoms with van der Waals surface area (Å²) in [7, 11) is -4.00. The molecular weight excluding hydrogens is 628 g/mol. The van der Waals surface area contributed by atoms with E-state index in [1.165, 1.54) is 23.1 Å². The standard InChI is InChI=1S/C29H31Cl4N3O4S/c1-29(2,3)34-28(38)26(15-19-8-6-5-7-9-19)35(17-20-10-12-22(31)24(33)14-20)27(37)18-36(41(4,39)40)25-16-21(30)11-13-23(25)32/h5-14,16,26H,15,17-18H2,1-4H3,(H,34,38). The molecule has 3 aromatic carbocycles. The molecule has 1 unspecified atom stereocenters. The molecule has 0 bridgehead atoms. The number of nitrogens with one attached hydrogen (secondary N) is 1. The molecule has 0 aliphatic carbocycles. The van der Waals surface area contributed by atoms with Gasteiger partial charge in [-0.25, -0.2) is 8.42 Å². The van der Waals surface area contributed by atoms with Crippen molar-refractivity contribution in [1.29, 1.82) is 0 Å². The first-order valence-electron chi connectivity index (χ1n) is 12.6. The summed E-state index contributed by atoms with van der Waals surface area (Å²) in [6, 6.07) is 17.5. The molecule has 3 aromatic rings. The molecule has 0 saturated carbocycles. The fraction of sp³-hybridized carbons (Fsp3) is 0.310. The summed E-state index contributed by atoms with van der Waals surface area (Å²) >= 11 is 24.8. The minimum absolute atomic E-state index is 0.0447. The van der Waals surface area contributed by atoms with E-state index in [-0.39, 0.29) is 33.7 Å². The maximum Gasteiger partial charge on any atom is 0.244 e. The quantitative estimate of drug-likeness (QED) is 0.265. The lowest BCUT2D eigenvalue weighted by atomic mass is 10.0. The summed E-state index contributed by atoms with van der Waals surface area (Å²) < 4.78 is 26.7. The van der Waals surface area contributed by atoms with Crippen LogP contribution >= 0.6 is 46.4 Å². The number of anilines is 1. The summed E-state index contributed by atoms with van der Waals surface area (Å²) in [5, 5.41) is 3.90. The van der Waals surface area contributed by atoms with Gasteiger partial charge in [-0.3, -0.25) is 13.9 Å². The highest BCUT2D eigenvalue weighted by atomic mass is 35.5. The molecule has 0 aliphatic heterocycles. The van der Waals surface area contributed by atoms with Gasteiger partial charge in [0, 0.05) is 23.5 Å². The van der Waals surface area contributed by atoms with E-state index >= 15 is 0 Å². The summed E-state index contributed by atoms with van der Waals surface area (Å²) in [4.78, 5) is 29.2. The molecule has 12 heteroatoms. The topological polar surface area (TPSA) is 86.8 Å². The predicted molar refractivity (Wildman–Crippen MR) is 167 cm³/mol. The van der Waals surface area contributed by atoms with Crippen LogP contribution in [0.2, 0.25) is 20.1 Å². The van der Waals surface area contributed by atoms with Gasteiger partial charge in [-0.1, -0.05) is 82.8 Å².